The van der Waals surface area contributed by atoms with Crippen molar-refractivity contribution in [3.8, 4) is 5.75 Å². The number of piperazine rings is 1. The van der Waals surface area contributed by atoms with Crippen LogP contribution in [0.1, 0.15) is 84.6 Å². The van der Waals surface area contributed by atoms with Gasteiger partial charge in [0.15, 0.2) is 0 Å². The Kier molecular flexibility index (Phi) is 10.1. The second-order valence-corrected chi connectivity index (χ2v) is 15.9. The van der Waals surface area contributed by atoms with Crippen molar-refractivity contribution in [3.05, 3.63) is 99.0 Å². The maximum Gasteiger partial charge on any atom is 0.410 e. The molecule has 2 atom stereocenters. The van der Waals surface area contributed by atoms with E-state index in [0.29, 0.717) is 60.0 Å². The molecule has 1 fully saturated rings. The Morgan fingerprint density at radius 1 is 0.796 bits per heavy atom. The third kappa shape index (κ3) is 7.13. The Morgan fingerprint density at radius 2 is 1.33 bits per heavy atom. The molecule has 262 valence electrons. The van der Waals surface area contributed by atoms with Gasteiger partial charge in [-0.05, 0) is 100 Å². The van der Waals surface area contributed by atoms with Gasteiger partial charge in [-0.15, -0.1) is 0 Å². The van der Waals surface area contributed by atoms with Crippen molar-refractivity contribution in [2.75, 3.05) is 32.8 Å². The van der Waals surface area contributed by atoms with Gasteiger partial charge in [0.2, 0.25) is 0 Å². The molecular weight excluding hydrogens is 659 g/mol. The molecule has 0 radical (unpaired) electrons. The predicted molar refractivity (Wildman–Crippen MR) is 197 cm³/mol. The van der Waals surface area contributed by atoms with Gasteiger partial charge < -0.3 is 19.3 Å². The number of ether oxygens (including phenoxy) is 2. The molecule has 49 heavy (non-hydrogen) atoms. The van der Waals surface area contributed by atoms with Crippen molar-refractivity contribution < 1.29 is 19.1 Å². The van der Waals surface area contributed by atoms with E-state index in [0.717, 1.165) is 16.7 Å². The minimum atomic E-state index is -1.04. The first-order valence-electron chi connectivity index (χ1n) is 16.9. The van der Waals surface area contributed by atoms with Crippen LogP contribution in [-0.4, -0.2) is 71.0 Å². The molecule has 8 nitrogen and oxygen atoms in total. The molecule has 0 spiro atoms. The van der Waals surface area contributed by atoms with Crippen LogP contribution in [0.25, 0.3) is 0 Å². The lowest BCUT2D eigenvalue weighted by Gasteiger charge is -2.47. The minimum absolute atomic E-state index is 0.124. The summed E-state index contributed by atoms with van der Waals surface area (Å²) in [6.07, 6.45) is -0.385. The number of nitrogens with zero attached hydrogens (tertiary/aromatic N) is 4. The Labute approximate surface area is 301 Å². The molecule has 2 aliphatic rings. The standard InChI is InChI=1S/C39H48Cl2N4O4/c1-10-48-32-25-28(36(2,3)4)15-20-31(32)33-42-38(8,26-11-16-29(40)17-12-26)39(9,27-13-18-30(41)19-14-27)45(33)34(46)43-21-23-44(24-22-43)35(47)49-37(5,6)7/h11-20,25H,10,21-24H2,1-9H3/t38-,39+/m0/s1. The van der Waals surface area contributed by atoms with E-state index in [4.69, 9.17) is 37.7 Å². The monoisotopic (exact) mass is 706 g/mol. The van der Waals surface area contributed by atoms with Gasteiger partial charge in [-0.2, -0.15) is 0 Å². The van der Waals surface area contributed by atoms with Gasteiger partial charge >= 0.3 is 12.1 Å². The maximum absolute atomic E-state index is 15.2. The first kappa shape index (κ1) is 36.5. The molecule has 5 rings (SSSR count). The molecule has 0 unspecified atom stereocenters. The number of rotatable bonds is 5. The van der Waals surface area contributed by atoms with Gasteiger partial charge in [-0.3, -0.25) is 9.89 Å². The van der Waals surface area contributed by atoms with Gasteiger partial charge in [-0.1, -0.05) is 74.3 Å². The van der Waals surface area contributed by atoms with Gasteiger partial charge in [0.25, 0.3) is 0 Å². The zero-order valence-electron chi connectivity index (χ0n) is 30.1. The fourth-order valence-corrected chi connectivity index (χ4v) is 6.82. The number of hydrogen-bond acceptors (Lipinski definition) is 5. The molecule has 1 saturated heterocycles. The number of halogens is 2. The van der Waals surface area contributed by atoms with Crippen LogP contribution >= 0.6 is 23.2 Å². The zero-order chi connectivity index (χ0) is 35.9. The Morgan fingerprint density at radius 3 is 1.84 bits per heavy atom. The van der Waals surface area contributed by atoms with E-state index >= 15 is 4.79 Å². The number of urea groups is 1. The Balaban J connectivity index is 1.68. The van der Waals surface area contributed by atoms with Crippen LogP contribution < -0.4 is 4.74 Å². The van der Waals surface area contributed by atoms with Crippen molar-refractivity contribution in [2.45, 2.75) is 84.4 Å². The summed E-state index contributed by atoms with van der Waals surface area (Å²) in [5.41, 5.74) is 0.829. The molecule has 0 saturated carbocycles. The van der Waals surface area contributed by atoms with E-state index in [1.807, 2.05) is 87.2 Å². The molecule has 10 heteroatoms. The summed E-state index contributed by atoms with van der Waals surface area (Å²) in [4.78, 5) is 38.8. The second-order valence-electron chi connectivity index (χ2n) is 15.1. The van der Waals surface area contributed by atoms with Crippen molar-refractivity contribution in [3.63, 3.8) is 0 Å². The van der Waals surface area contributed by atoms with Crippen molar-refractivity contribution in [2.24, 2.45) is 4.99 Å². The summed E-state index contributed by atoms with van der Waals surface area (Å²) in [7, 11) is 0. The fourth-order valence-electron chi connectivity index (χ4n) is 6.56. The van der Waals surface area contributed by atoms with Crippen LogP contribution in [-0.2, 0) is 21.2 Å². The highest BCUT2D eigenvalue weighted by atomic mass is 35.5. The molecule has 0 aliphatic carbocycles. The van der Waals surface area contributed by atoms with E-state index < -0.39 is 16.7 Å². The highest BCUT2D eigenvalue weighted by Gasteiger charge is 2.60. The summed E-state index contributed by atoms with van der Waals surface area (Å²) in [5.74, 6) is 1.15. The molecule has 0 bridgehead atoms. The lowest BCUT2D eigenvalue weighted by Crippen LogP contribution is -2.61. The topological polar surface area (TPSA) is 74.7 Å². The smallest absolute Gasteiger partial charge is 0.410 e. The lowest BCUT2D eigenvalue weighted by atomic mass is 9.71. The van der Waals surface area contributed by atoms with E-state index in [9.17, 15) is 4.79 Å². The summed E-state index contributed by atoms with van der Waals surface area (Å²) in [6.45, 7) is 19.9. The van der Waals surface area contributed by atoms with E-state index in [2.05, 4.69) is 46.8 Å². The average molecular weight is 708 g/mol. The third-order valence-corrected chi connectivity index (χ3v) is 10.0. The minimum Gasteiger partial charge on any atom is -0.493 e. The van der Waals surface area contributed by atoms with Crippen molar-refractivity contribution in [1.29, 1.82) is 0 Å². The van der Waals surface area contributed by atoms with Gasteiger partial charge in [0, 0.05) is 36.2 Å². The number of aliphatic imine (C=N–C) groups is 1. The van der Waals surface area contributed by atoms with Crippen LogP contribution in [0.2, 0.25) is 10.0 Å². The molecular formula is C39H48Cl2N4O4. The second kappa shape index (κ2) is 13.5. The van der Waals surface area contributed by atoms with Crippen LogP contribution in [0.15, 0.2) is 71.7 Å². The number of amidine groups is 1. The number of carbonyl (C=O) groups excluding carboxylic acids is 2. The average Bonchev–Trinajstić information content (AvgIpc) is 3.28. The summed E-state index contributed by atoms with van der Waals surface area (Å²) < 4.78 is 11.9. The number of benzene rings is 3. The largest absolute Gasteiger partial charge is 0.493 e. The van der Waals surface area contributed by atoms with Crippen LogP contribution in [0.4, 0.5) is 9.59 Å². The summed E-state index contributed by atoms with van der Waals surface area (Å²) in [6, 6.07) is 21.2. The Hall–Kier alpha value is -3.75. The zero-order valence-corrected chi connectivity index (χ0v) is 31.6. The molecule has 3 aromatic carbocycles. The lowest BCUT2D eigenvalue weighted by molar-refractivity contribution is 0.0149. The first-order valence-corrected chi connectivity index (χ1v) is 17.6. The molecule has 2 aliphatic heterocycles. The molecule has 2 heterocycles. The van der Waals surface area contributed by atoms with Crippen LogP contribution in [0.3, 0.4) is 0 Å². The maximum atomic E-state index is 15.2. The van der Waals surface area contributed by atoms with Gasteiger partial charge in [-0.25, -0.2) is 9.59 Å². The molecule has 0 aromatic heterocycles. The number of amides is 3. The highest BCUT2D eigenvalue weighted by Crippen LogP contribution is 2.54. The molecule has 3 aromatic rings. The van der Waals surface area contributed by atoms with Crippen molar-refractivity contribution in [1.82, 2.24) is 14.7 Å². The number of hydrogen-bond donors (Lipinski definition) is 0. The SMILES string of the molecule is CCOc1cc(C(C)(C)C)ccc1C1=N[C@@](C)(c2ccc(Cl)cc2)[C@@](C)(c2ccc(Cl)cc2)N1C(=O)N1CCN(C(=O)OC(C)(C)C)CC1. The first-order chi connectivity index (χ1) is 22.9. The fraction of sp³-hybridized carbons (Fsp3) is 0.462. The number of carbonyl (C=O) groups is 2. The Bertz CT molecular complexity index is 1720. The normalized spacial score (nSPS) is 21.4. The van der Waals surface area contributed by atoms with Gasteiger partial charge in [0.1, 0.15) is 28.3 Å². The summed E-state index contributed by atoms with van der Waals surface area (Å²) >= 11 is 12.8. The highest BCUT2D eigenvalue weighted by molar-refractivity contribution is 6.30. The molecule has 0 N–H and O–H groups in total. The van der Waals surface area contributed by atoms with Crippen LogP contribution in [0.5, 0.6) is 5.75 Å². The summed E-state index contributed by atoms with van der Waals surface area (Å²) in [5, 5.41) is 1.20. The predicted octanol–water partition coefficient (Wildman–Crippen LogP) is 9.26. The van der Waals surface area contributed by atoms with Gasteiger partial charge in [0.05, 0.1) is 12.2 Å². The third-order valence-electron chi connectivity index (χ3n) is 9.53. The van der Waals surface area contributed by atoms with E-state index in [1.165, 1.54) is 0 Å². The van der Waals surface area contributed by atoms with E-state index in [1.54, 1.807) is 9.80 Å². The van der Waals surface area contributed by atoms with Crippen molar-refractivity contribution >= 4 is 41.2 Å². The quantitative estimate of drug-likeness (QED) is 0.265. The van der Waals surface area contributed by atoms with Crippen LogP contribution in [0, 0.1) is 0 Å². The molecule has 3 amide bonds. The van der Waals surface area contributed by atoms with E-state index in [-0.39, 0.29) is 17.5 Å².